The fourth-order valence-corrected chi connectivity index (χ4v) is 6.06. The standard InChI is InChI=1S/C23H24Cl2N2O4S/c1-13(28)31-12-19-17-5-3-7-20(25)22(17)27-21(19)18-6-2-4-16(23(18)32(26,29)30)14-8-10-15(24)11-9-14/h2-7,14-15,27H,8-12H2,1H3,(H2,26,29,30). The van der Waals surface area contributed by atoms with E-state index in [-0.39, 0.29) is 22.8 Å². The van der Waals surface area contributed by atoms with Gasteiger partial charge in [0.1, 0.15) is 6.61 Å². The van der Waals surface area contributed by atoms with Gasteiger partial charge in [0, 0.05) is 28.8 Å². The zero-order valence-electron chi connectivity index (χ0n) is 17.5. The maximum Gasteiger partial charge on any atom is 0.302 e. The van der Waals surface area contributed by atoms with Gasteiger partial charge in [0.25, 0.3) is 0 Å². The Morgan fingerprint density at radius 3 is 2.50 bits per heavy atom. The first-order chi connectivity index (χ1) is 15.2. The number of H-pyrrole nitrogens is 1. The van der Waals surface area contributed by atoms with Gasteiger partial charge in [-0.3, -0.25) is 4.79 Å². The van der Waals surface area contributed by atoms with Crippen molar-refractivity contribution in [2.24, 2.45) is 5.14 Å². The molecule has 2 aromatic carbocycles. The molecule has 0 spiro atoms. The predicted molar refractivity (Wildman–Crippen MR) is 126 cm³/mol. The molecule has 0 saturated heterocycles. The topological polar surface area (TPSA) is 102 Å². The van der Waals surface area contributed by atoms with Crippen molar-refractivity contribution in [1.82, 2.24) is 4.98 Å². The number of rotatable bonds is 5. The number of carbonyl (C=O) groups is 1. The number of fused-ring (bicyclic) bond motifs is 1. The Bertz CT molecular complexity index is 1280. The number of aromatic nitrogens is 1. The number of halogens is 2. The van der Waals surface area contributed by atoms with Gasteiger partial charge in [-0.15, -0.1) is 11.6 Å². The molecule has 0 unspecified atom stereocenters. The van der Waals surface area contributed by atoms with Crippen molar-refractivity contribution in [3.05, 3.63) is 52.5 Å². The number of alkyl halides is 1. The molecule has 1 aliphatic carbocycles. The Labute approximate surface area is 197 Å². The van der Waals surface area contributed by atoms with Crippen molar-refractivity contribution >= 4 is 50.1 Å². The van der Waals surface area contributed by atoms with Crippen LogP contribution in [-0.2, 0) is 26.2 Å². The SMILES string of the molecule is CC(=O)OCc1c(-c2cccc(C3CCC(Cl)CC3)c2S(N)(=O)=O)[nH]c2c(Cl)cccc12. The predicted octanol–water partition coefficient (Wildman–Crippen LogP) is 5.46. The van der Waals surface area contributed by atoms with Gasteiger partial charge in [0.2, 0.25) is 10.0 Å². The number of benzene rings is 2. The highest BCUT2D eigenvalue weighted by atomic mass is 35.5. The van der Waals surface area contributed by atoms with E-state index in [4.69, 9.17) is 33.1 Å². The number of nitrogens with one attached hydrogen (secondary N) is 1. The first-order valence-electron chi connectivity index (χ1n) is 10.4. The number of sulfonamides is 1. The first-order valence-corrected chi connectivity index (χ1v) is 12.8. The average Bonchev–Trinajstić information content (AvgIpc) is 3.11. The second-order valence-electron chi connectivity index (χ2n) is 8.14. The highest BCUT2D eigenvalue weighted by Gasteiger charge is 2.30. The first kappa shape index (κ1) is 23.1. The van der Waals surface area contributed by atoms with Gasteiger partial charge < -0.3 is 9.72 Å². The lowest BCUT2D eigenvalue weighted by atomic mass is 9.83. The third kappa shape index (κ3) is 4.53. The summed E-state index contributed by atoms with van der Waals surface area (Å²) >= 11 is 12.7. The average molecular weight is 495 g/mol. The van der Waals surface area contributed by atoms with Gasteiger partial charge in [-0.2, -0.15) is 0 Å². The number of carbonyl (C=O) groups excluding carboxylic acids is 1. The van der Waals surface area contributed by atoms with Crippen molar-refractivity contribution in [2.45, 2.75) is 55.4 Å². The van der Waals surface area contributed by atoms with Crippen LogP contribution in [0.1, 0.15) is 49.7 Å². The normalized spacial score (nSPS) is 19.2. The highest BCUT2D eigenvalue weighted by molar-refractivity contribution is 7.89. The summed E-state index contributed by atoms with van der Waals surface area (Å²) in [5.41, 5.74) is 2.93. The third-order valence-corrected chi connectivity index (χ3v) is 7.78. The van der Waals surface area contributed by atoms with Crippen LogP contribution in [0.5, 0.6) is 0 Å². The maximum atomic E-state index is 12.8. The van der Waals surface area contributed by atoms with E-state index in [0.717, 1.165) is 31.1 Å². The molecule has 32 heavy (non-hydrogen) atoms. The molecule has 1 aromatic heterocycles. The second-order valence-corrected chi connectivity index (χ2v) is 10.7. The van der Waals surface area contributed by atoms with E-state index in [1.165, 1.54) is 6.92 Å². The highest BCUT2D eigenvalue weighted by Crippen LogP contribution is 2.42. The van der Waals surface area contributed by atoms with Gasteiger partial charge in [-0.05, 0) is 43.2 Å². The summed E-state index contributed by atoms with van der Waals surface area (Å²) in [5.74, 6) is -0.395. The lowest BCUT2D eigenvalue weighted by Crippen LogP contribution is -2.20. The van der Waals surface area contributed by atoms with E-state index in [1.807, 2.05) is 18.2 Å². The second kappa shape index (κ2) is 9.06. The molecule has 1 fully saturated rings. The number of primary sulfonamides is 1. The van der Waals surface area contributed by atoms with Gasteiger partial charge in [0.05, 0.1) is 21.1 Å². The number of aromatic amines is 1. The molecule has 1 heterocycles. The summed E-state index contributed by atoms with van der Waals surface area (Å²) in [4.78, 5) is 14.9. The smallest absolute Gasteiger partial charge is 0.302 e. The summed E-state index contributed by atoms with van der Waals surface area (Å²) in [5, 5.41) is 7.09. The molecular weight excluding hydrogens is 471 g/mol. The summed E-state index contributed by atoms with van der Waals surface area (Å²) in [7, 11) is -4.06. The molecule has 1 saturated carbocycles. The number of hydrogen-bond acceptors (Lipinski definition) is 4. The van der Waals surface area contributed by atoms with Crippen molar-refractivity contribution < 1.29 is 17.9 Å². The largest absolute Gasteiger partial charge is 0.461 e. The molecule has 0 atom stereocenters. The minimum absolute atomic E-state index is 0.0311. The van der Waals surface area contributed by atoms with Crippen LogP contribution >= 0.6 is 23.2 Å². The monoisotopic (exact) mass is 494 g/mol. The third-order valence-electron chi connectivity index (χ3n) is 6.01. The lowest BCUT2D eigenvalue weighted by Gasteiger charge is -2.27. The number of nitrogens with two attached hydrogens (primary N) is 1. The fourth-order valence-electron chi connectivity index (χ4n) is 4.55. The van der Waals surface area contributed by atoms with E-state index >= 15 is 0 Å². The fraction of sp³-hybridized carbons (Fsp3) is 0.348. The zero-order chi connectivity index (χ0) is 23.0. The number of hydrogen-bond donors (Lipinski definition) is 2. The molecule has 4 rings (SSSR count). The maximum absolute atomic E-state index is 12.8. The lowest BCUT2D eigenvalue weighted by molar-refractivity contribution is -0.142. The molecule has 3 N–H and O–H groups in total. The van der Waals surface area contributed by atoms with Crippen LogP contribution in [0.25, 0.3) is 22.2 Å². The molecule has 3 aromatic rings. The minimum atomic E-state index is -4.06. The molecule has 6 nitrogen and oxygen atoms in total. The molecule has 0 amide bonds. The Balaban J connectivity index is 1.95. The van der Waals surface area contributed by atoms with E-state index < -0.39 is 16.0 Å². The molecule has 0 aliphatic heterocycles. The van der Waals surface area contributed by atoms with Crippen LogP contribution < -0.4 is 5.14 Å². The number of ether oxygens (including phenoxy) is 1. The molecule has 170 valence electrons. The minimum Gasteiger partial charge on any atom is -0.461 e. The van der Waals surface area contributed by atoms with Crippen molar-refractivity contribution in [2.75, 3.05) is 0 Å². The summed E-state index contributed by atoms with van der Waals surface area (Å²) in [6.07, 6.45) is 3.22. The zero-order valence-corrected chi connectivity index (χ0v) is 19.9. The Morgan fingerprint density at radius 2 is 1.84 bits per heavy atom. The van der Waals surface area contributed by atoms with E-state index in [0.29, 0.717) is 32.9 Å². The number of para-hydroxylation sites is 1. The van der Waals surface area contributed by atoms with Gasteiger partial charge in [0.15, 0.2) is 0 Å². The van der Waals surface area contributed by atoms with Crippen LogP contribution in [0.15, 0.2) is 41.3 Å². The molecule has 0 radical (unpaired) electrons. The summed E-state index contributed by atoms with van der Waals surface area (Å²) in [6, 6.07) is 10.7. The molecule has 1 aliphatic rings. The summed E-state index contributed by atoms with van der Waals surface area (Å²) in [6.45, 7) is 1.29. The molecule has 0 bridgehead atoms. The van der Waals surface area contributed by atoms with Crippen LogP contribution in [0, 0.1) is 0 Å². The van der Waals surface area contributed by atoms with Gasteiger partial charge in [-0.25, -0.2) is 13.6 Å². The van der Waals surface area contributed by atoms with Crippen LogP contribution in [-0.4, -0.2) is 24.7 Å². The Morgan fingerprint density at radius 1 is 1.16 bits per heavy atom. The van der Waals surface area contributed by atoms with Gasteiger partial charge >= 0.3 is 5.97 Å². The van der Waals surface area contributed by atoms with E-state index in [2.05, 4.69) is 4.98 Å². The van der Waals surface area contributed by atoms with Crippen molar-refractivity contribution in [1.29, 1.82) is 0 Å². The Hall–Kier alpha value is -2.06. The van der Waals surface area contributed by atoms with Crippen molar-refractivity contribution in [3.63, 3.8) is 0 Å². The van der Waals surface area contributed by atoms with Crippen molar-refractivity contribution in [3.8, 4) is 11.3 Å². The number of esters is 1. The quantitative estimate of drug-likeness (QED) is 0.362. The molecule has 9 heteroatoms. The molecular formula is C23H24Cl2N2O4S. The summed E-state index contributed by atoms with van der Waals surface area (Å²) < 4.78 is 31.0. The van der Waals surface area contributed by atoms with Crippen LogP contribution in [0.3, 0.4) is 0 Å². The van der Waals surface area contributed by atoms with Crippen LogP contribution in [0.2, 0.25) is 5.02 Å². The van der Waals surface area contributed by atoms with Gasteiger partial charge in [-0.1, -0.05) is 41.9 Å². The Kier molecular flexibility index (Phi) is 6.54. The van der Waals surface area contributed by atoms with E-state index in [9.17, 15) is 13.2 Å². The van der Waals surface area contributed by atoms with E-state index in [1.54, 1.807) is 18.2 Å². The van der Waals surface area contributed by atoms with Crippen LogP contribution in [0.4, 0.5) is 0 Å².